The molecule has 7 heteroatoms. The second-order valence-electron chi connectivity index (χ2n) is 7.03. The minimum atomic E-state index is -0.777. The molecule has 0 saturated carbocycles. The molecule has 1 aliphatic heterocycles. The summed E-state index contributed by atoms with van der Waals surface area (Å²) in [5.41, 5.74) is 1.51. The van der Waals surface area contributed by atoms with Crippen LogP contribution in [-0.4, -0.2) is 28.3 Å². The summed E-state index contributed by atoms with van der Waals surface area (Å²) in [5, 5.41) is 10.2. The summed E-state index contributed by atoms with van der Waals surface area (Å²) in [6.07, 6.45) is 5.11. The summed E-state index contributed by atoms with van der Waals surface area (Å²) in [6, 6.07) is 10.0. The molecule has 2 aromatic carbocycles. The van der Waals surface area contributed by atoms with Crippen LogP contribution in [0, 0.1) is 11.7 Å². The molecule has 1 aliphatic rings. The topological polar surface area (TPSA) is 52.9 Å². The monoisotopic (exact) mass is 476 g/mol. The highest BCUT2D eigenvalue weighted by molar-refractivity contribution is 9.10. The van der Waals surface area contributed by atoms with E-state index in [0.717, 1.165) is 11.6 Å². The van der Waals surface area contributed by atoms with Crippen LogP contribution in [0.4, 0.5) is 4.39 Å². The van der Waals surface area contributed by atoms with Crippen LogP contribution in [0.2, 0.25) is 5.02 Å². The van der Waals surface area contributed by atoms with Crippen molar-refractivity contribution in [2.45, 2.75) is 13.8 Å². The Kier molecular flexibility index (Phi) is 6.55. The van der Waals surface area contributed by atoms with Gasteiger partial charge in [-0.3, -0.25) is 9.69 Å². The zero-order chi connectivity index (χ0) is 21.1. The van der Waals surface area contributed by atoms with Crippen LogP contribution in [0.15, 0.2) is 57.6 Å². The van der Waals surface area contributed by atoms with Gasteiger partial charge < -0.3 is 5.11 Å². The van der Waals surface area contributed by atoms with Gasteiger partial charge in [-0.05, 0) is 69.4 Å². The third-order valence-corrected chi connectivity index (χ3v) is 4.98. The second kappa shape index (κ2) is 8.93. The number of phenolic OH excluding ortho intramolecular Hbond substituents is 1. The standard InChI is InChI=1S/C22H19BrClFN2O2/c1-13(2)12-27-20(7-6-14-4-3-5-16(24)8-14)26-19(22(27)29)11-15-9-17(23)21(28)18(25)10-15/h3-11,13,28H,12H2,1-2H3/b7-6+,19-11-. The Morgan fingerprint density at radius 2 is 2.00 bits per heavy atom. The fraction of sp³-hybridized carbons (Fsp3) is 0.182. The first-order valence-corrected chi connectivity index (χ1v) is 10.2. The molecule has 2 aromatic rings. The molecule has 150 valence electrons. The zero-order valence-corrected chi connectivity index (χ0v) is 18.2. The first kappa shape index (κ1) is 21.3. The summed E-state index contributed by atoms with van der Waals surface area (Å²) in [7, 11) is 0. The first-order chi connectivity index (χ1) is 13.7. The SMILES string of the molecule is CC(C)CN1C(=O)/C(=C/c2cc(F)c(O)c(Br)c2)N=C1/C=C/c1cccc(Cl)c1. The molecule has 1 amide bonds. The van der Waals surface area contributed by atoms with E-state index in [1.54, 1.807) is 17.0 Å². The number of rotatable bonds is 5. The summed E-state index contributed by atoms with van der Waals surface area (Å²) >= 11 is 9.12. The highest BCUT2D eigenvalue weighted by atomic mass is 79.9. The Morgan fingerprint density at radius 1 is 1.24 bits per heavy atom. The number of carbonyl (C=O) groups is 1. The smallest absolute Gasteiger partial charge is 0.278 e. The van der Waals surface area contributed by atoms with Crippen molar-refractivity contribution in [2.75, 3.05) is 6.54 Å². The number of aromatic hydroxyl groups is 1. The quantitative estimate of drug-likeness (QED) is 0.545. The zero-order valence-electron chi connectivity index (χ0n) is 15.9. The molecule has 0 atom stereocenters. The minimum Gasteiger partial charge on any atom is -0.504 e. The van der Waals surface area contributed by atoms with E-state index in [1.165, 1.54) is 12.1 Å². The predicted octanol–water partition coefficient (Wildman–Crippen LogP) is 5.90. The maximum atomic E-state index is 13.8. The molecule has 29 heavy (non-hydrogen) atoms. The van der Waals surface area contributed by atoms with Crippen molar-refractivity contribution in [1.29, 1.82) is 0 Å². The van der Waals surface area contributed by atoms with Gasteiger partial charge in [0.15, 0.2) is 11.6 Å². The van der Waals surface area contributed by atoms with E-state index in [-0.39, 0.29) is 22.0 Å². The summed E-state index contributed by atoms with van der Waals surface area (Å²) in [4.78, 5) is 18.9. The van der Waals surface area contributed by atoms with Crippen LogP contribution in [0.1, 0.15) is 25.0 Å². The number of carbonyl (C=O) groups excluding carboxylic acids is 1. The number of aliphatic imine (C=N–C) groups is 1. The van der Waals surface area contributed by atoms with Crippen LogP contribution in [0.3, 0.4) is 0 Å². The van der Waals surface area contributed by atoms with Gasteiger partial charge in [0.25, 0.3) is 5.91 Å². The predicted molar refractivity (Wildman–Crippen MR) is 118 cm³/mol. The van der Waals surface area contributed by atoms with Gasteiger partial charge in [0.1, 0.15) is 11.5 Å². The Hall–Kier alpha value is -2.44. The number of amides is 1. The molecule has 4 nitrogen and oxygen atoms in total. The number of hydrogen-bond acceptors (Lipinski definition) is 3. The van der Waals surface area contributed by atoms with Gasteiger partial charge in [-0.1, -0.05) is 43.7 Å². The average Bonchev–Trinajstić information content (AvgIpc) is 2.93. The molecule has 0 radical (unpaired) electrons. The van der Waals surface area contributed by atoms with Gasteiger partial charge in [-0.25, -0.2) is 9.38 Å². The van der Waals surface area contributed by atoms with Crippen molar-refractivity contribution in [1.82, 2.24) is 4.90 Å². The van der Waals surface area contributed by atoms with Crippen molar-refractivity contribution >= 4 is 51.4 Å². The molecule has 0 aromatic heterocycles. The van der Waals surface area contributed by atoms with E-state index in [0.29, 0.717) is 23.0 Å². The van der Waals surface area contributed by atoms with E-state index in [1.807, 2.05) is 38.1 Å². The summed E-state index contributed by atoms with van der Waals surface area (Å²) in [5.74, 6) is -0.758. The maximum Gasteiger partial charge on any atom is 0.278 e. The average molecular weight is 478 g/mol. The van der Waals surface area contributed by atoms with Gasteiger partial charge in [-0.15, -0.1) is 0 Å². The Labute approximate surface area is 182 Å². The number of amidine groups is 1. The molecule has 0 saturated heterocycles. The molecule has 0 unspecified atom stereocenters. The van der Waals surface area contributed by atoms with Crippen molar-refractivity contribution < 1.29 is 14.3 Å². The normalized spacial score (nSPS) is 15.8. The van der Waals surface area contributed by atoms with Crippen molar-refractivity contribution in [3.8, 4) is 5.75 Å². The number of halogens is 3. The lowest BCUT2D eigenvalue weighted by Gasteiger charge is -2.18. The van der Waals surface area contributed by atoms with Crippen LogP contribution in [-0.2, 0) is 4.79 Å². The second-order valence-corrected chi connectivity index (χ2v) is 8.32. The van der Waals surface area contributed by atoms with Gasteiger partial charge in [0, 0.05) is 11.6 Å². The number of nitrogens with zero attached hydrogens (tertiary/aromatic N) is 2. The molecule has 3 rings (SSSR count). The molecule has 0 aliphatic carbocycles. The van der Waals surface area contributed by atoms with Crippen molar-refractivity contribution in [3.63, 3.8) is 0 Å². The summed E-state index contributed by atoms with van der Waals surface area (Å²) in [6.45, 7) is 4.53. The molecular weight excluding hydrogens is 459 g/mol. The van der Waals surface area contributed by atoms with E-state index >= 15 is 0 Å². The summed E-state index contributed by atoms with van der Waals surface area (Å²) < 4.78 is 14.0. The fourth-order valence-corrected chi connectivity index (χ4v) is 3.50. The highest BCUT2D eigenvalue weighted by Gasteiger charge is 2.29. The van der Waals surface area contributed by atoms with Gasteiger partial charge in [-0.2, -0.15) is 0 Å². The number of phenols is 1. The Bertz CT molecular complexity index is 1020. The minimum absolute atomic E-state index is 0.202. The molecule has 1 N–H and O–H groups in total. The van der Waals surface area contributed by atoms with E-state index < -0.39 is 11.6 Å². The number of hydrogen-bond donors (Lipinski definition) is 1. The van der Waals surface area contributed by atoms with Crippen molar-refractivity contribution in [2.24, 2.45) is 10.9 Å². The lowest BCUT2D eigenvalue weighted by molar-refractivity contribution is -0.122. The van der Waals surface area contributed by atoms with Crippen LogP contribution < -0.4 is 0 Å². The van der Waals surface area contributed by atoms with E-state index in [2.05, 4.69) is 20.9 Å². The van der Waals surface area contributed by atoms with Crippen LogP contribution in [0.25, 0.3) is 12.2 Å². The van der Waals surface area contributed by atoms with Gasteiger partial charge >= 0.3 is 0 Å². The van der Waals surface area contributed by atoms with E-state index in [4.69, 9.17) is 11.6 Å². The molecule has 0 bridgehead atoms. The molecule has 0 spiro atoms. The van der Waals surface area contributed by atoms with Crippen LogP contribution >= 0.6 is 27.5 Å². The Morgan fingerprint density at radius 3 is 2.66 bits per heavy atom. The third kappa shape index (κ3) is 5.14. The van der Waals surface area contributed by atoms with E-state index in [9.17, 15) is 14.3 Å². The molecule has 1 heterocycles. The maximum absolute atomic E-state index is 13.8. The fourth-order valence-electron chi connectivity index (χ4n) is 2.84. The largest absolute Gasteiger partial charge is 0.504 e. The molecular formula is C22H19BrClFN2O2. The number of benzene rings is 2. The first-order valence-electron chi connectivity index (χ1n) is 8.98. The van der Waals surface area contributed by atoms with Gasteiger partial charge in [0.05, 0.1) is 4.47 Å². The highest BCUT2D eigenvalue weighted by Crippen LogP contribution is 2.30. The van der Waals surface area contributed by atoms with Gasteiger partial charge in [0.2, 0.25) is 0 Å². The Balaban J connectivity index is 1.97. The van der Waals surface area contributed by atoms with Crippen molar-refractivity contribution in [3.05, 3.63) is 74.6 Å². The molecule has 0 fully saturated rings. The lowest BCUT2D eigenvalue weighted by Crippen LogP contribution is -2.34. The third-order valence-electron chi connectivity index (χ3n) is 4.14. The van der Waals surface area contributed by atoms with Crippen LogP contribution in [0.5, 0.6) is 5.75 Å². The lowest BCUT2D eigenvalue weighted by atomic mass is 10.1.